The number of nitrogen functional groups attached to an aromatic ring is 1. The Morgan fingerprint density at radius 3 is 2.74 bits per heavy atom. The van der Waals surface area contributed by atoms with E-state index in [0.717, 1.165) is 25.7 Å². The number of rotatable bonds is 0. The Balaban J connectivity index is 1.59. The van der Waals surface area contributed by atoms with Gasteiger partial charge >= 0.3 is 14.1 Å². The van der Waals surface area contributed by atoms with Crippen LogP contribution < -0.4 is 15.6 Å². The van der Waals surface area contributed by atoms with Crippen molar-refractivity contribution >= 4 is 31.3 Å². The van der Waals surface area contributed by atoms with Gasteiger partial charge in [0.15, 0.2) is 17.4 Å². The minimum absolute atomic E-state index is 0.0461. The lowest BCUT2D eigenvalue weighted by Crippen LogP contribution is -2.44. The number of fused-ring (bicyclic) bond motifs is 3. The van der Waals surface area contributed by atoms with Gasteiger partial charge in [-0.3, -0.25) is 9.36 Å². The number of carbonyl (C=O) groups is 1. The largest absolute Gasteiger partial charge is 0.613 e. The van der Waals surface area contributed by atoms with Crippen LogP contribution >= 0.6 is 8.18 Å². The molecule has 0 amide bonds. The minimum Gasteiger partial charge on any atom is -0.476 e. The van der Waals surface area contributed by atoms with E-state index in [-0.39, 0.29) is 36.1 Å². The number of imidazole rings is 1. The summed E-state index contributed by atoms with van der Waals surface area (Å²) >= 11 is 0. The third-order valence-corrected chi connectivity index (χ3v) is 7.75. The summed E-state index contributed by atoms with van der Waals surface area (Å²) in [6.45, 7) is 7.22. The molecule has 210 valence electrons. The number of carbonyl (C=O) groups excluding carboxylic acids is 1. The van der Waals surface area contributed by atoms with Crippen molar-refractivity contribution in [3.63, 3.8) is 0 Å². The number of ether oxygens (including phenoxy) is 3. The number of nitrogens with two attached hydrogens (primary N) is 1. The van der Waals surface area contributed by atoms with Crippen LogP contribution in [0, 0.1) is 5.41 Å². The number of nitrogens with one attached hydrogen (secondary N) is 1. The van der Waals surface area contributed by atoms with E-state index in [9.17, 15) is 19.6 Å². The highest BCUT2D eigenvalue weighted by atomic mass is 31.1. The van der Waals surface area contributed by atoms with Gasteiger partial charge in [-0.1, -0.05) is 31.8 Å². The number of aliphatic hydroxyl groups excluding tert-OH is 1. The number of hydrogen-bond donors (Lipinski definition) is 4. The molecule has 5 N–H and O–H groups in total. The van der Waals surface area contributed by atoms with Crippen LogP contribution in [-0.4, -0.2) is 79.4 Å². The van der Waals surface area contributed by atoms with Crippen LogP contribution in [0.5, 0.6) is 5.88 Å². The van der Waals surface area contributed by atoms with Crippen LogP contribution in [0.25, 0.3) is 11.2 Å². The molecule has 2 aliphatic heterocycles. The lowest BCUT2D eigenvalue weighted by atomic mass is 9.88. The first kappa shape index (κ1) is 28.5. The topological polar surface area (TPSA) is 193 Å². The Morgan fingerprint density at radius 2 is 1.97 bits per heavy atom. The fraction of sp³-hybridized carbons (Fsp3) is 0.739. The number of hydrogen-bond acceptors (Lipinski definition) is 12. The maximum Gasteiger partial charge on any atom is 0.613 e. The highest BCUT2D eigenvalue weighted by Crippen LogP contribution is 2.41. The second kappa shape index (κ2) is 11.3. The maximum absolute atomic E-state index is 12.5. The zero-order chi connectivity index (χ0) is 27.7. The standard InChI is InChI=1S/C23H36N6O8P/c1-13-19(31)35-11-22(2,3)8-6-5-7-9-34-18-15-17(26-21(24)27-18)29(12-25-15)20-23(4,32)16(30)14(37-20)10-36-38(33)28-13/h12-14,16,20,30,32H,5-11H2,1-4H3,(H,28,33)(H2,24,26,27)/q+1. The van der Waals surface area contributed by atoms with Crippen LogP contribution in [0.2, 0.25) is 0 Å². The summed E-state index contributed by atoms with van der Waals surface area (Å²) in [6, 6.07) is -0.883. The maximum atomic E-state index is 12.5. The van der Waals surface area contributed by atoms with E-state index in [2.05, 4.69) is 20.0 Å². The SMILES string of the molecule is CC1N[P+](=O)OCC2OC(n3cnc4c(nc(N)nc43)OCCCCCC(C)(C)COC1=O)C(C)(O)C2O. The van der Waals surface area contributed by atoms with Gasteiger partial charge in [-0.25, -0.2) is 4.98 Å². The summed E-state index contributed by atoms with van der Waals surface area (Å²) in [4.78, 5) is 25.2. The fourth-order valence-corrected chi connectivity index (χ4v) is 5.24. The Bertz CT molecular complexity index is 1170. The summed E-state index contributed by atoms with van der Waals surface area (Å²) in [7, 11) is -2.50. The number of anilines is 1. The second-order valence-corrected chi connectivity index (χ2v) is 11.8. The molecule has 4 rings (SSSR count). The Kier molecular flexibility index (Phi) is 8.50. The van der Waals surface area contributed by atoms with Crippen molar-refractivity contribution in [2.24, 2.45) is 5.41 Å². The van der Waals surface area contributed by atoms with Crippen LogP contribution in [0.4, 0.5) is 5.95 Å². The summed E-state index contributed by atoms with van der Waals surface area (Å²) in [5.41, 5.74) is 4.49. The van der Waals surface area contributed by atoms with E-state index in [0.29, 0.717) is 12.1 Å². The first-order valence-corrected chi connectivity index (χ1v) is 13.8. The van der Waals surface area contributed by atoms with Gasteiger partial charge in [-0.15, -0.1) is 4.52 Å². The predicted molar refractivity (Wildman–Crippen MR) is 135 cm³/mol. The molecule has 2 aromatic heterocycles. The minimum atomic E-state index is -2.50. The number of cyclic esters (lactones) is 1. The predicted octanol–water partition coefficient (Wildman–Crippen LogP) is 1.59. The van der Waals surface area contributed by atoms with Gasteiger partial charge in [0.25, 0.3) is 0 Å². The number of aliphatic hydroxyl groups is 2. The number of esters is 1. The molecule has 0 aliphatic carbocycles. The van der Waals surface area contributed by atoms with E-state index in [1.54, 1.807) is 0 Å². The molecular formula is C23H36N6O8P+. The van der Waals surface area contributed by atoms with Gasteiger partial charge in [0, 0.05) is 0 Å². The molecule has 0 saturated carbocycles. The molecule has 38 heavy (non-hydrogen) atoms. The third-order valence-electron chi connectivity index (χ3n) is 6.76. The Labute approximate surface area is 221 Å². The highest BCUT2D eigenvalue weighted by Gasteiger charge is 2.54. The quantitative estimate of drug-likeness (QED) is 0.271. The van der Waals surface area contributed by atoms with E-state index in [1.807, 2.05) is 13.8 Å². The van der Waals surface area contributed by atoms with Gasteiger partial charge in [-0.2, -0.15) is 9.97 Å². The van der Waals surface area contributed by atoms with Crippen molar-refractivity contribution in [3.05, 3.63) is 6.33 Å². The van der Waals surface area contributed by atoms with E-state index in [4.69, 9.17) is 24.5 Å². The molecule has 6 unspecified atom stereocenters. The van der Waals surface area contributed by atoms with Crippen molar-refractivity contribution in [1.82, 2.24) is 24.6 Å². The molecule has 15 heteroatoms. The van der Waals surface area contributed by atoms with E-state index < -0.39 is 44.2 Å². The van der Waals surface area contributed by atoms with Gasteiger partial charge in [0.2, 0.25) is 11.8 Å². The van der Waals surface area contributed by atoms with Crippen molar-refractivity contribution in [3.8, 4) is 5.88 Å². The lowest BCUT2D eigenvalue weighted by Gasteiger charge is -2.27. The normalized spacial score (nSPS) is 32.8. The van der Waals surface area contributed by atoms with Crippen LogP contribution in [0.1, 0.15) is 59.6 Å². The van der Waals surface area contributed by atoms with Crippen molar-refractivity contribution in [2.45, 2.75) is 83.5 Å². The molecule has 6 bridgehead atoms. The summed E-state index contributed by atoms with van der Waals surface area (Å²) in [5.74, 6) is -0.392. The molecule has 1 saturated heterocycles. The lowest BCUT2D eigenvalue weighted by molar-refractivity contribution is -0.148. The van der Waals surface area contributed by atoms with E-state index in [1.165, 1.54) is 24.7 Å². The van der Waals surface area contributed by atoms with Crippen LogP contribution in [-0.2, 0) is 23.4 Å². The van der Waals surface area contributed by atoms with Crippen molar-refractivity contribution < 1.29 is 38.3 Å². The summed E-state index contributed by atoms with van der Waals surface area (Å²) in [5, 5.41) is 24.5. The first-order valence-electron chi connectivity index (χ1n) is 12.6. The average molecular weight is 556 g/mol. The van der Waals surface area contributed by atoms with E-state index >= 15 is 0 Å². The molecule has 6 atom stereocenters. The van der Waals surface area contributed by atoms with Gasteiger partial charge in [0.1, 0.15) is 30.5 Å². The third kappa shape index (κ3) is 6.22. The fourth-order valence-electron chi connectivity index (χ4n) is 4.46. The zero-order valence-corrected chi connectivity index (χ0v) is 22.9. The summed E-state index contributed by atoms with van der Waals surface area (Å²) in [6.07, 6.45) is 1.17. The molecule has 2 aliphatic rings. The van der Waals surface area contributed by atoms with Crippen LogP contribution in [0.3, 0.4) is 0 Å². The van der Waals surface area contributed by atoms with Gasteiger partial charge < -0.3 is 30.2 Å². The smallest absolute Gasteiger partial charge is 0.476 e. The molecule has 2 aromatic rings. The molecule has 0 aromatic carbocycles. The molecule has 0 radical (unpaired) electrons. The van der Waals surface area contributed by atoms with Crippen LogP contribution in [0.15, 0.2) is 6.33 Å². The zero-order valence-electron chi connectivity index (χ0n) is 22.0. The molecule has 4 heterocycles. The molecule has 1 fully saturated rings. The molecule has 14 nitrogen and oxygen atoms in total. The highest BCUT2D eigenvalue weighted by molar-refractivity contribution is 7.36. The molecule has 0 spiro atoms. The summed E-state index contributed by atoms with van der Waals surface area (Å²) < 4.78 is 36.5. The Morgan fingerprint density at radius 1 is 1.21 bits per heavy atom. The monoisotopic (exact) mass is 555 g/mol. The van der Waals surface area contributed by atoms with Crippen molar-refractivity contribution in [2.75, 3.05) is 25.6 Å². The van der Waals surface area contributed by atoms with Gasteiger partial charge in [-0.05, 0) is 36.7 Å². The van der Waals surface area contributed by atoms with Crippen molar-refractivity contribution in [1.29, 1.82) is 0 Å². The Hall–Kier alpha value is -2.48. The van der Waals surface area contributed by atoms with Gasteiger partial charge in [0.05, 0.1) is 19.5 Å². The second-order valence-electron chi connectivity index (χ2n) is 10.7. The molecular weight excluding hydrogens is 519 g/mol. The number of aromatic nitrogens is 4. The number of nitrogens with zero attached hydrogens (tertiary/aromatic N) is 4. The average Bonchev–Trinajstić information content (AvgIpc) is 3.35. The first-order chi connectivity index (χ1) is 17.9.